The third kappa shape index (κ3) is 6.58. The summed E-state index contributed by atoms with van der Waals surface area (Å²) in [5.41, 5.74) is 0. The van der Waals surface area contributed by atoms with Crippen LogP contribution in [0.3, 0.4) is 0 Å². The van der Waals surface area contributed by atoms with Crippen molar-refractivity contribution in [2.75, 3.05) is 0 Å². The average molecular weight is 448 g/mol. The maximum atomic E-state index is 2.47. The van der Waals surface area contributed by atoms with Gasteiger partial charge in [-0.3, -0.25) is 12.6 Å². The number of rotatable bonds is 2. The first kappa shape index (κ1) is 23.8. The van der Waals surface area contributed by atoms with Crippen LogP contribution < -0.4 is 51.4 Å². The van der Waals surface area contributed by atoms with E-state index >= 15 is 0 Å². The molecule has 2 saturated carbocycles. The molecule has 0 N–H and O–H groups in total. The first-order valence-electron chi connectivity index (χ1n) is 7.09. The molecule has 0 aromatic carbocycles. The molecule has 2 unspecified atom stereocenters. The van der Waals surface area contributed by atoms with E-state index in [1.165, 1.54) is 38.5 Å². The summed E-state index contributed by atoms with van der Waals surface area (Å²) in [6.45, 7) is 9.37. The first-order valence-corrected chi connectivity index (χ1v) is 7.09. The molecule has 20 heavy (non-hydrogen) atoms. The predicted molar refractivity (Wildman–Crippen MR) is 69.6 cm³/mol. The zero-order valence-corrected chi connectivity index (χ0v) is 21.7. The fraction of sp³-hybridized carbons (Fsp3) is 0.667. The van der Waals surface area contributed by atoms with E-state index in [0.29, 0.717) is 18.0 Å². The molecule has 0 aromatic heterocycles. The SMILES string of the molecule is CC1[CH-]N(C2[CH-]CCC2)[CH-]N([C@H]2[CH-]CCC2)[CH-]1.[K+].[Y].[Y]. The fourth-order valence-electron chi connectivity index (χ4n) is 3.26. The molecule has 2 radical (unpaired) electrons. The third-order valence-electron chi connectivity index (χ3n) is 4.13. The molecule has 2 aliphatic carbocycles. The summed E-state index contributed by atoms with van der Waals surface area (Å²) in [6, 6.07) is 1.30. The van der Waals surface area contributed by atoms with E-state index in [-0.39, 0.29) is 117 Å². The summed E-state index contributed by atoms with van der Waals surface area (Å²) >= 11 is 0. The van der Waals surface area contributed by atoms with Crippen molar-refractivity contribution in [1.29, 1.82) is 0 Å². The summed E-state index contributed by atoms with van der Waals surface area (Å²) < 4.78 is 0. The number of hydrogen-bond donors (Lipinski definition) is 0. The van der Waals surface area contributed by atoms with Gasteiger partial charge in [-0.25, -0.2) is 0 Å². The molecule has 0 bridgehead atoms. The Morgan fingerprint density at radius 1 is 0.850 bits per heavy atom. The van der Waals surface area contributed by atoms with Gasteiger partial charge in [-0.05, 0) is 0 Å². The summed E-state index contributed by atoms with van der Waals surface area (Å²) in [4.78, 5) is 4.90. The Labute approximate surface area is 218 Å². The van der Waals surface area contributed by atoms with E-state index in [0.717, 1.165) is 0 Å². The van der Waals surface area contributed by atoms with Gasteiger partial charge >= 0.3 is 51.4 Å². The summed E-state index contributed by atoms with van der Waals surface area (Å²) in [5.74, 6) is 0.558. The molecule has 0 amide bonds. The van der Waals surface area contributed by atoms with Crippen LogP contribution in [-0.2, 0) is 65.4 Å². The first-order chi connectivity index (χ1) is 8.33. The van der Waals surface area contributed by atoms with Crippen LogP contribution in [0.5, 0.6) is 0 Å². The zero-order chi connectivity index (χ0) is 11.7. The van der Waals surface area contributed by atoms with E-state index < -0.39 is 0 Å². The van der Waals surface area contributed by atoms with Crippen molar-refractivity contribution in [2.24, 2.45) is 5.92 Å². The fourth-order valence-corrected chi connectivity index (χ4v) is 3.26. The predicted octanol–water partition coefficient (Wildman–Crippen LogP) is 0.196. The quantitative estimate of drug-likeness (QED) is 0.440. The molecule has 3 fully saturated rings. The Kier molecular flexibility index (Phi) is 14.5. The van der Waals surface area contributed by atoms with E-state index in [4.69, 9.17) is 0 Å². The molecule has 1 heterocycles. The minimum absolute atomic E-state index is 0. The maximum Gasteiger partial charge on any atom is 1.00 e. The second kappa shape index (κ2) is 12.2. The molecule has 104 valence electrons. The van der Waals surface area contributed by atoms with Gasteiger partial charge in [0.2, 0.25) is 0 Å². The molecule has 3 atom stereocenters. The van der Waals surface area contributed by atoms with Gasteiger partial charge in [-0.2, -0.15) is 24.9 Å². The van der Waals surface area contributed by atoms with Crippen molar-refractivity contribution in [1.82, 2.24) is 9.80 Å². The van der Waals surface area contributed by atoms with E-state index in [2.05, 4.69) is 49.3 Å². The van der Waals surface area contributed by atoms with E-state index in [1.807, 2.05) is 0 Å². The Hall–Kier alpha value is 3.76. The van der Waals surface area contributed by atoms with Crippen LogP contribution in [0.2, 0.25) is 0 Å². The van der Waals surface area contributed by atoms with Crippen molar-refractivity contribution in [3.63, 3.8) is 0 Å². The van der Waals surface area contributed by atoms with Crippen molar-refractivity contribution in [3.05, 3.63) is 32.6 Å². The van der Waals surface area contributed by atoms with Crippen molar-refractivity contribution in [3.8, 4) is 0 Å². The smallest absolute Gasteiger partial charge is 0.620 e. The van der Waals surface area contributed by atoms with Gasteiger partial charge in [0.05, 0.1) is 0 Å². The Morgan fingerprint density at radius 3 is 1.65 bits per heavy atom. The van der Waals surface area contributed by atoms with Crippen LogP contribution in [0.25, 0.3) is 0 Å². The topological polar surface area (TPSA) is 6.48 Å². The van der Waals surface area contributed by atoms with Crippen LogP contribution in [0.15, 0.2) is 0 Å². The van der Waals surface area contributed by atoms with Crippen LogP contribution in [-0.4, -0.2) is 21.9 Å². The van der Waals surface area contributed by atoms with Crippen molar-refractivity contribution < 1.29 is 117 Å². The summed E-state index contributed by atoms with van der Waals surface area (Å²) in [6.07, 6.45) is 12.9. The second-order valence-electron chi connectivity index (χ2n) is 5.64. The van der Waals surface area contributed by atoms with Crippen LogP contribution >= 0.6 is 0 Å². The maximum absolute atomic E-state index is 2.47. The van der Waals surface area contributed by atoms with Gasteiger partial charge in [-0.1, -0.05) is 25.7 Å². The van der Waals surface area contributed by atoms with Crippen molar-refractivity contribution >= 4 is 0 Å². The summed E-state index contributed by atoms with van der Waals surface area (Å²) in [7, 11) is 0. The second-order valence-corrected chi connectivity index (χ2v) is 5.64. The van der Waals surface area contributed by atoms with Crippen LogP contribution in [0, 0.1) is 38.5 Å². The minimum atomic E-state index is 0. The van der Waals surface area contributed by atoms with Crippen LogP contribution in [0.4, 0.5) is 0 Å². The molecule has 1 aliphatic heterocycles. The van der Waals surface area contributed by atoms with Crippen molar-refractivity contribution in [2.45, 2.75) is 57.5 Å². The Balaban J connectivity index is 0.00000120. The Bertz CT molecular complexity index is 232. The molecule has 5 heteroatoms. The largest absolute Gasteiger partial charge is 1.00 e. The molecule has 0 aromatic rings. The Morgan fingerprint density at radius 2 is 1.30 bits per heavy atom. The van der Waals surface area contributed by atoms with Gasteiger partial charge in [0.25, 0.3) is 0 Å². The van der Waals surface area contributed by atoms with Gasteiger partial charge in [-0.15, -0.1) is 6.92 Å². The molecular weight excluding hydrogens is 425 g/mol. The standard InChI is InChI=1S/C15H23N2.K.2Y/c1-13-10-16(14-6-2-3-7-14)12-17(11-13)15-8-4-5-9-15;;;/h6,8,10-15H,2-5,7,9H2,1H3;;;/q-5;+1;;/t13?,14-,15?;;;/m0.../s1. The molecule has 1 saturated heterocycles. The molecule has 0 spiro atoms. The minimum Gasteiger partial charge on any atom is -0.620 e. The summed E-state index contributed by atoms with van der Waals surface area (Å²) in [5, 5.41) is 0. The molecule has 3 rings (SSSR count). The molecule has 2 nitrogen and oxygen atoms in total. The van der Waals surface area contributed by atoms with Crippen LogP contribution in [0.1, 0.15) is 45.4 Å². The van der Waals surface area contributed by atoms with Gasteiger partial charge in [0.15, 0.2) is 0 Å². The molecular formula is C15H23KN2Y2-4. The van der Waals surface area contributed by atoms with Gasteiger partial charge in [0, 0.05) is 65.4 Å². The van der Waals surface area contributed by atoms with Gasteiger partial charge < -0.3 is 35.7 Å². The van der Waals surface area contributed by atoms with E-state index in [9.17, 15) is 0 Å². The number of hydrogen-bond acceptors (Lipinski definition) is 2. The zero-order valence-electron chi connectivity index (χ0n) is 12.9. The number of nitrogens with zero attached hydrogens (tertiary/aromatic N) is 2. The third-order valence-corrected chi connectivity index (χ3v) is 4.13. The normalized spacial score (nSPS) is 35.0. The van der Waals surface area contributed by atoms with E-state index in [1.54, 1.807) is 0 Å². The average Bonchev–Trinajstić information content (AvgIpc) is 3.02. The van der Waals surface area contributed by atoms with Gasteiger partial charge in [0.1, 0.15) is 0 Å². The monoisotopic (exact) mass is 448 g/mol. The molecule has 3 aliphatic rings.